The molecule has 1 aromatic heterocycles. The number of rotatable bonds is 5. The molecule has 2 aliphatic rings. The minimum atomic E-state index is -0.466. The van der Waals surface area contributed by atoms with Gasteiger partial charge < -0.3 is 9.32 Å². The Morgan fingerprint density at radius 3 is 1.41 bits per heavy atom. The molecule has 69 heavy (non-hydrogen) atoms. The predicted molar refractivity (Wildman–Crippen MR) is 288 cm³/mol. The number of benzene rings is 12. The predicted octanol–water partition coefficient (Wildman–Crippen LogP) is 18.2. The highest BCUT2D eigenvalue weighted by Crippen LogP contribution is 2.63. The Morgan fingerprint density at radius 2 is 0.739 bits per heavy atom. The van der Waals surface area contributed by atoms with Crippen LogP contribution < -0.4 is 4.90 Å². The van der Waals surface area contributed by atoms with Crippen molar-refractivity contribution in [3.05, 3.63) is 271 Å². The minimum absolute atomic E-state index is 0.466. The van der Waals surface area contributed by atoms with Crippen LogP contribution in [0, 0.1) is 0 Å². The van der Waals surface area contributed by atoms with E-state index >= 15 is 0 Å². The summed E-state index contributed by atoms with van der Waals surface area (Å²) in [6, 6.07) is 92.0. The topological polar surface area (TPSA) is 16.4 Å². The van der Waals surface area contributed by atoms with E-state index < -0.39 is 5.41 Å². The van der Waals surface area contributed by atoms with E-state index in [0.29, 0.717) is 0 Å². The molecule has 12 aromatic carbocycles. The smallest absolute Gasteiger partial charge is 0.136 e. The molecule has 2 heteroatoms. The van der Waals surface area contributed by atoms with E-state index in [1.807, 2.05) is 12.1 Å². The van der Waals surface area contributed by atoms with Crippen LogP contribution in [-0.4, -0.2) is 0 Å². The van der Waals surface area contributed by atoms with E-state index in [-0.39, 0.29) is 0 Å². The van der Waals surface area contributed by atoms with E-state index in [2.05, 4.69) is 241 Å². The summed E-state index contributed by atoms with van der Waals surface area (Å²) in [4.78, 5) is 2.51. The number of para-hydroxylation sites is 1. The second-order valence-electron chi connectivity index (χ2n) is 18.7. The van der Waals surface area contributed by atoms with Gasteiger partial charge in [-0.05, 0) is 148 Å². The molecule has 320 valence electrons. The van der Waals surface area contributed by atoms with Gasteiger partial charge in [-0.1, -0.05) is 194 Å². The van der Waals surface area contributed by atoms with Crippen LogP contribution in [-0.2, 0) is 5.41 Å². The summed E-state index contributed by atoms with van der Waals surface area (Å²) in [5, 5.41) is 9.78. The number of hydrogen-bond donors (Lipinski definition) is 0. The minimum Gasteiger partial charge on any atom is -0.456 e. The summed E-state index contributed by atoms with van der Waals surface area (Å²) in [6.07, 6.45) is 0. The largest absolute Gasteiger partial charge is 0.456 e. The standard InChI is InChI=1S/C67H41NO/c1-2-18-50-48(17-1)49-19-3-4-24-57(49)66-58(50)25-14-29-63(66)68(46-34-31-42(32-35-46)43-15-13-16-44(39-43)45-33-37-56-55-23-8-12-30-64(55)69-65(56)40-45)47-36-38-54-53-22-7-11-28-61(53)67(62(54)41-47)59-26-9-5-20-51(59)52-21-6-10-27-60(52)67/h1-41H. The fraction of sp³-hybridized carbons (Fsp3) is 0.0149. The number of fused-ring (bicyclic) bond motifs is 19. The van der Waals surface area contributed by atoms with Crippen molar-refractivity contribution in [2.24, 2.45) is 0 Å². The third-order valence-corrected chi connectivity index (χ3v) is 15.3. The summed E-state index contributed by atoms with van der Waals surface area (Å²) in [6.45, 7) is 0. The van der Waals surface area contributed by atoms with Crippen molar-refractivity contribution in [1.82, 2.24) is 0 Å². The first-order valence-corrected chi connectivity index (χ1v) is 23.9. The average molecular weight is 876 g/mol. The molecule has 0 N–H and O–H groups in total. The molecule has 0 radical (unpaired) electrons. The molecule has 0 amide bonds. The molecule has 13 aromatic rings. The van der Waals surface area contributed by atoms with E-state index in [9.17, 15) is 0 Å². The molecular weight excluding hydrogens is 835 g/mol. The van der Waals surface area contributed by atoms with Gasteiger partial charge in [0.15, 0.2) is 0 Å². The van der Waals surface area contributed by atoms with Crippen LogP contribution in [0.25, 0.3) is 98.8 Å². The first kappa shape index (κ1) is 38.2. The summed E-state index contributed by atoms with van der Waals surface area (Å²) >= 11 is 0. The van der Waals surface area contributed by atoms with E-state index in [1.165, 1.54) is 76.8 Å². The Labute approximate surface area is 399 Å². The summed E-state index contributed by atoms with van der Waals surface area (Å²) in [7, 11) is 0. The van der Waals surface area contributed by atoms with Crippen LogP contribution in [0.1, 0.15) is 22.3 Å². The first-order valence-electron chi connectivity index (χ1n) is 23.9. The number of anilines is 3. The zero-order chi connectivity index (χ0) is 45.2. The highest BCUT2D eigenvalue weighted by molar-refractivity contribution is 6.28. The summed E-state index contributed by atoms with van der Waals surface area (Å²) in [5.41, 5.74) is 19.8. The quantitative estimate of drug-likeness (QED) is 0.160. The highest BCUT2D eigenvalue weighted by Gasteiger charge is 2.51. The van der Waals surface area contributed by atoms with E-state index in [4.69, 9.17) is 4.42 Å². The van der Waals surface area contributed by atoms with Crippen LogP contribution in [0.5, 0.6) is 0 Å². The lowest BCUT2D eigenvalue weighted by Crippen LogP contribution is -2.26. The van der Waals surface area contributed by atoms with Crippen molar-refractivity contribution in [2.45, 2.75) is 5.41 Å². The van der Waals surface area contributed by atoms with Gasteiger partial charge in [-0.2, -0.15) is 0 Å². The van der Waals surface area contributed by atoms with Crippen LogP contribution in [0.2, 0.25) is 0 Å². The zero-order valence-corrected chi connectivity index (χ0v) is 37.5. The van der Waals surface area contributed by atoms with Crippen molar-refractivity contribution in [3.8, 4) is 44.5 Å². The molecule has 0 bridgehead atoms. The lowest BCUT2D eigenvalue weighted by molar-refractivity contribution is 0.669. The molecular formula is C67H41NO. The van der Waals surface area contributed by atoms with Crippen molar-refractivity contribution in [2.75, 3.05) is 4.90 Å². The highest BCUT2D eigenvalue weighted by atomic mass is 16.3. The fourth-order valence-electron chi connectivity index (χ4n) is 12.4. The Kier molecular flexibility index (Phi) is 8.02. The average Bonchev–Trinajstić information content (AvgIpc) is 4.05. The maximum atomic E-state index is 6.30. The van der Waals surface area contributed by atoms with E-state index in [0.717, 1.165) is 61.3 Å². The molecule has 2 nitrogen and oxygen atoms in total. The van der Waals surface area contributed by atoms with Gasteiger partial charge in [0, 0.05) is 27.5 Å². The van der Waals surface area contributed by atoms with Gasteiger partial charge in [0.2, 0.25) is 0 Å². The van der Waals surface area contributed by atoms with Crippen LogP contribution in [0.15, 0.2) is 253 Å². The maximum Gasteiger partial charge on any atom is 0.136 e. The third-order valence-electron chi connectivity index (χ3n) is 15.3. The molecule has 1 spiro atoms. The van der Waals surface area contributed by atoms with Crippen molar-refractivity contribution in [1.29, 1.82) is 0 Å². The van der Waals surface area contributed by atoms with Gasteiger partial charge in [-0.25, -0.2) is 0 Å². The molecule has 2 aliphatic carbocycles. The molecule has 1 heterocycles. The molecule has 0 saturated carbocycles. The van der Waals surface area contributed by atoms with Crippen molar-refractivity contribution >= 4 is 71.3 Å². The van der Waals surface area contributed by atoms with Crippen LogP contribution in [0.3, 0.4) is 0 Å². The third kappa shape index (κ3) is 5.37. The Balaban J connectivity index is 0.936. The Hall–Kier alpha value is -8.98. The summed E-state index contributed by atoms with van der Waals surface area (Å²) < 4.78 is 6.30. The van der Waals surface area contributed by atoms with Gasteiger partial charge in [0.05, 0.1) is 11.1 Å². The SMILES string of the molecule is c1cc(-c2ccc(N(c3ccc4c(c3)C3(c5ccccc5-c5ccccc53)c3ccccc3-4)c3cccc4c5ccccc5c5ccccc5c34)cc2)cc(-c2ccc3c(c2)oc2ccccc23)c1. The van der Waals surface area contributed by atoms with Gasteiger partial charge in [-0.15, -0.1) is 0 Å². The molecule has 0 unspecified atom stereocenters. The molecule has 15 rings (SSSR count). The van der Waals surface area contributed by atoms with Gasteiger partial charge in [-0.3, -0.25) is 0 Å². The normalized spacial score (nSPS) is 13.0. The Morgan fingerprint density at radius 1 is 0.275 bits per heavy atom. The van der Waals surface area contributed by atoms with Crippen LogP contribution in [0.4, 0.5) is 17.1 Å². The zero-order valence-electron chi connectivity index (χ0n) is 37.5. The molecule has 0 aliphatic heterocycles. The molecule has 0 saturated heterocycles. The van der Waals surface area contributed by atoms with Gasteiger partial charge in [0.1, 0.15) is 11.2 Å². The summed E-state index contributed by atoms with van der Waals surface area (Å²) in [5.74, 6) is 0. The lowest BCUT2D eigenvalue weighted by atomic mass is 9.70. The first-order chi connectivity index (χ1) is 34.2. The Bertz CT molecular complexity index is 4160. The second-order valence-corrected chi connectivity index (χ2v) is 18.7. The van der Waals surface area contributed by atoms with Crippen LogP contribution >= 0.6 is 0 Å². The second kappa shape index (κ2) is 14.5. The number of furan rings is 1. The van der Waals surface area contributed by atoms with Crippen molar-refractivity contribution in [3.63, 3.8) is 0 Å². The van der Waals surface area contributed by atoms with Gasteiger partial charge >= 0.3 is 0 Å². The van der Waals surface area contributed by atoms with Gasteiger partial charge in [0.25, 0.3) is 0 Å². The van der Waals surface area contributed by atoms with Crippen molar-refractivity contribution < 1.29 is 4.42 Å². The maximum absolute atomic E-state index is 6.30. The molecule has 0 fully saturated rings. The fourth-order valence-corrected chi connectivity index (χ4v) is 12.4. The number of nitrogens with zero attached hydrogens (tertiary/aromatic N) is 1. The number of hydrogen-bond acceptors (Lipinski definition) is 2. The lowest BCUT2D eigenvalue weighted by Gasteiger charge is -2.32. The molecule has 0 atom stereocenters. The monoisotopic (exact) mass is 875 g/mol. The van der Waals surface area contributed by atoms with E-state index in [1.54, 1.807) is 0 Å².